The van der Waals surface area contributed by atoms with Crippen molar-refractivity contribution >= 4 is 34.4 Å². The molecule has 1 amide bonds. The van der Waals surface area contributed by atoms with Gasteiger partial charge in [0.25, 0.3) is 5.91 Å². The lowest BCUT2D eigenvalue weighted by Crippen LogP contribution is -2.30. The van der Waals surface area contributed by atoms with Gasteiger partial charge < -0.3 is 14.7 Å². The Bertz CT molecular complexity index is 1040. The van der Waals surface area contributed by atoms with Gasteiger partial charge in [-0.3, -0.25) is 9.59 Å². The van der Waals surface area contributed by atoms with Crippen LogP contribution in [0.4, 0.5) is 0 Å². The monoisotopic (exact) mass is 411 g/mol. The molecule has 2 aromatic heterocycles. The van der Waals surface area contributed by atoms with Crippen LogP contribution in [-0.2, 0) is 11.3 Å². The summed E-state index contributed by atoms with van der Waals surface area (Å²) in [5.41, 5.74) is 0.825. The number of aliphatic hydroxyl groups is 1. The van der Waals surface area contributed by atoms with Crippen molar-refractivity contribution in [2.24, 2.45) is 0 Å². The van der Waals surface area contributed by atoms with E-state index in [1.807, 2.05) is 29.6 Å². The number of carbonyl (C=O) groups excluding carboxylic acids is 2. The summed E-state index contributed by atoms with van der Waals surface area (Å²) in [6, 6.07) is 13.9. The molecular weight excluding hydrogens is 394 g/mol. The molecule has 4 rings (SSSR count). The number of aliphatic hydroxyl groups excluding tert-OH is 1. The molecule has 0 saturated heterocycles. The number of thiophene rings is 2. The number of hydrogen-bond donors (Lipinski definition) is 1. The number of rotatable bonds is 6. The molecular formula is C21H17NO4S2. The zero-order valence-electron chi connectivity index (χ0n) is 15.0. The maximum absolute atomic E-state index is 13.1. The van der Waals surface area contributed by atoms with E-state index in [0.29, 0.717) is 22.7 Å². The Morgan fingerprint density at radius 1 is 1.14 bits per heavy atom. The minimum Gasteiger partial charge on any atom is -0.503 e. The van der Waals surface area contributed by atoms with Crippen LogP contribution in [0.15, 0.2) is 70.6 Å². The van der Waals surface area contributed by atoms with Crippen LogP contribution in [0.2, 0.25) is 0 Å². The van der Waals surface area contributed by atoms with Crippen molar-refractivity contribution in [1.82, 2.24) is 4.90 Å². The molecule has 1 aromatic carbocycles. The first-order valence-corrected chi connectivity index (χ1v) is 10.3. The molecule has 1 atom stereocenters. The molecule has 1 aliphatic heterocycles. The summed E-state index contributed by atoms with van der Waals surface area (Å²) in [5.74, 6) is -0.735. The summed E-state index contributed by atoms with van der Waals surface area (Å²) in [6.45, 7) is 0.309. The van der Waals surface area contributed by atoms with Crippen LogP contribution in [0.25, 0.3) is 0 Å². The highest BCUT2D eigenvalue weighted by Crippen LogP contribution is 2.41. The fourth-order valence-corrected chi connectivity index (χ4v) is 4.70. The molecule has 0 aliphatic carbocycles. The topological polar surface area (TPSA) is 66.8 Å². The molecule has 0 fully saturated rings. The zero-order chi connectivity index (χ0) is 19.7. The SMILES string of the molecule is COc1cccc(C2C(C(=O)c3cccs3)=C(O)C(=O)N2Cc2cccs2)c1. The van der Waals surface area contributed by atoms with Crippen LogP contribution >= 0.6 is 22.7 Å². The fourth-order valence-electron chi connectivity index (χ4n) is 3.32. The van der Waals surface area contributed by atoms with Gasteiger partial charge in [0.2, 0.25) is 5.78 Å². The maximum atomic E-state index is 13.1. The standard InChI is InChI=1S/C21H17NO4S2/c1-26-14-6-2-5-13(11-14)18-17(19(23)16-8-4-10-28-16)20(24)21(25)22(18)12-15-7-3-9-27-15/h2-11,18,24H,12H2,1H3. The number of ketones is 1. The van der Waals surface area contributed by atoms with Gasteiger partial charge >= 0.3 is 0 Å². The van der Waals surface area contributed by atoms with Gasteiger partial charge in [-0.2, -0.15) is 0 Å². The van der Waals surface area contributed by atoms with Gasteiger partial charge in [-0.05, 0) is 40.6 Å². The molecule has 0 bridgehead atoms. The average Bonchev–Trinajstić information content (AvgIpc) is 3.46. The van der Waals surface area contributed by atoms with E-state index in [0.717, 1.165) is 4.88 Å². The molecule has 7 heteroatoms. The van der Waals surface area contributed by atoms with Crippen LogP contribution in [0.1, 0.15) is 26.2 Å². The van der Waals surface area contributed by atoms with Crippen molar-refractivity contribution in [2.75, 3.05) is 7.11 Å². The third-order valence-electron chi connectivity index (χ3n) is 4.61. The first-order valence-electron chi connectivity index (χ1n) is 8.58. The number of carbonyl (C=O) groups is 2. The molecule has 1 unspecified atom stereocenters. The number of Topliss-reactive ketones (excluding diaryl/α,β-unsaturated/α-hetero) is 1. The molecule has 0 spiro atoms. The van der Waals surface area contributed by atoms with E-state index in [4.69, 9.17) is 4.74 Å². The third-order valence-corrected chi connectivity index (χ3v) is 6.34. The van der Waals surface area contributed by atoms with Crippen LogP contribution < -0.4 is 4.74 Å². The first kappa shape index (κ1) is 18.5. The Morgan fingerprint density at radius 3 is 2.61 bits per heavy atom. The molecule has 1 N–H and O–H groups in total. The van der Waals surface area contributed by atoms with E-state index in [2.05, 4.69) is 0 Å². The molecule has 0 saturated carbocycles. The van der Waals surface area contributed by atoms with Crippen LogP contribution in [0.3, 0.4) is 0 Å². The van der Waals surface area contributed by atoms with Crippen LogP contribution in [-0.4, -0.2) is 28.8 Å². The summed E-state index contributed by atoms with van der Waals surface area (Å²) >= 11 is 2.81. The van der Waals surface area contributed by atoms with Crippen molar-refractivity contribution in [3.8, 4) is 5.75 Å². The predicted octanol–water partition coefficient (Wildman–Crippen LogP) is 4.60. The highest BCUT2D eigenvalue weighted by Gasteiger charge is 2.44. The van der Waals surface area contributed by atoms with Crippen molar-refractivity contribution in [3.05, 3.63) is 85.9 Å². The summed E-state index contributed by atoms with van der Waals surface area (Å²) in [6.07, 6.45) is 0. The minimum atomic E-state index is -0.681. The summed E-state index contributed by atoms with van der Waals surface area (Å²) in [5, 5.41) is 14.4. The highest BCUT2D eigenvalue weighted by atomic mass is 32.1. The summed E-state index contributed by atoms with van der Waals surface area (Å²) < 4.78 is 5.31. The smallest absolute Gasteiger partial charge is 0.290 e. The van der Waals surface area contributed by atoms with Gasteiger partial charge in [0.15, 0.2) is 5.76 Å². The molecule has 0 radical (unpaired) electrons. The van der Waals surface area contributed by atoms with Crippen molar-refractivity contribution in [3.63, 3.8) is 0 Å². The van der Waals surface area contributed by atoms with Gasteiger partial charge in [-0.15, -0.1) is 22.7 Å². The van der Waals surface area contributed by atoms with E-state index in [1.165, 1.54) is 27.6 Å². The second-order valence-corrected chi connectivity index (χ2v) is 8.24. The number of hydrogen-bond acceptors (Lipinski definition) is 6. The first-order chi connectivity index (χ1) is 13.6. The minimum absolute atomic E-state index is 0.109. The molecule has 3 heterocycles. The van der Waals surface area contributed by atoms with Crippen molar-refractivity contribution in [1.29, 1.82) is 0 Å². The Labute approximate surface area is 170 Å². The van der Waals surface area contributed by atoms with E-state index in [1.54, 1.807) is 36.8 Å². The largest absolute Gasteiger partial charge is 0.503 e. The van der Waals surface area contributed by atoms with E-state index in [-0.39, 0.29) is 11.4 Å². The quantitative estimate of drug-likeness (QED) is 0.602. The molecule has 28 heavy (non-hydrogen) atoms. The van der Waals surface area contributed by atoms with Crippen molar-refractivity contribution < 1.29 is 19.4 Å². The molecule has 5 nitrogen and oxygen atoms in total. The normalized spacial score (nSPS) is 16.7. The Balaban J connectivity index is 1.81. The van der Waals surface area contributed by atoms with E-state index >= 15 is 0 Å². The van der Waals surface area contributed by atoms with Crippen LogP contribution in [0.5, 0.6) is 5.75 Å². The lowest BCUT2D eigenvalue weighted by Gasteiger charge is -2.26. The Kier molecular flexibility index (Phi) is 5.02. The number of methoxy groups -OCH3 is 1. The fraction of sp³-hybridized carbons (Fsp3) is 0.143. The molecule has 3 aromatic rings. The van der Waals surface area contributed by atoms with Crippen LogP contribution in [0, 0.1) is 0 Å². The average molecular weight is 412 g/mol. The van der Waals surface area contributed by atoms with Gasteiger partial charge in [0, 0.05) is 4.88 Å². The van der Waals surface area contributed by atoms with Gasteiger partial charge in [0.05, 0.1) is 30.1 Å². The van der Waals surface area contributed by atoms with E-state index in [9.17, 15) is 14.7 Å². The summed E-state index contributed by atoms with van der Waals surface area (Å²) in [4.78, 5) is 29.0. The number of ether oxygens (including phenoxy) is 1. The molecule has 1 aliphatic rings. The molecule has 142 valence electrons. The lowest BCUT2D eigenvalue weighted by atomic mass is 9.95. The Hall–Kier alpha value is -2.90. The number of amides is 1. The van der Waals surface area contributed by atoms with Gasteiger partial charge in [-0.1, -0.05) is 24.3 Å². The summed E-state index contributed by atoms with van der Waals surface area (Å²) in [7, 11) is 1.56. The second-order valence-electron chi connectivity index (χ2n) is 6.26. The van der Waals surface area contributed by atoms with E-state index < -0.39 is 17.7 Å². The van der Waals surface area contributed by atoms with Gasteiger partial charge in [0.1, 0.15) is 5.75 Å². The Morgan fingerprint density at radius 2 is 1.93 bits per heavy atom. The predicted molar refractivity (Wildman–Crippen MR) is 109 cm³/mol. The third kappa shape index (κ3) is 3.23. The number of benzene rings is 1. The van der Waals surface area contributed by atoms with Gasteiger partial charge in [-0.25, -0.2) is 0 Å². The van der Waals surface area contributed by atoms with Crippen molar-refractivity contribution in [2.45, 2.75) is 12.6 Å². The zero-order valence-corrected chi connectivity index (χ0v) is 16.6. The number of nitrogens with zero attached hydrogens (tertiary/aromatic N) is 1. The highest BCUT2D eigenvalue weighted by molar-refractivity contribution is 7.12. The lowest BCUT2D eigenvalue weighted by molar-refractivity contribution is -0.130. The second kappa shape index (κ2) is 7.61. The maximum Gasteiger partial charge on any atom is 0.290 e.